The van der Waals surface area contributed by atoms with Crippen LogP contribution in [0.1, 0.15) is 25.3 Å². The molecular formula is C16H27NO4. The van der Waals surface area contributed by atoms with E-state index in [0.717, 1.165) is 30.7 Å². The Morgan fingerprint density at radius 1 is 1.05 bits per heavy atom. The molecule has 0 bridgehead atoms. The summed E-state index contributed by atoms with van der Waals surface area (Å²) in [6.45, 7) is 3.92. The van der Waals surface area contributed by atoms with Gasteiger partial charge in [-0.05, 0) is 31.4 Å². The first-order valence-electron chi connectivity index (χ1n) is 7.26. The molecule has 1 unspecified atom stereocenters. The normalized spacial score (nSPS) is 12.0. The van der Waals surface area contributed by atoms with Crippen molar-refractivity contribution in [3.8, 4) is 17.2 Å². The summed E-state index contributed by atoms with van der Waals surface area (Å²) in [5.41, 5.74) is 1.03. The van der Waals surface area contributed by atoms with Crippen LogP contribution in [-0.2, 0) is 6.54 Å². The van der Waals surface area contributed by atoms with Crippen molar-refractivity contribution in [1.82, 2.24) is 5.32 Å². The molecule has 5 nitrogen and oxygen atoms in total. The Kier molecular flexibility index (Phi) is 7.93. The lowest BCUT2D eigenvalue weighted by molar-refractivity contribution is 0.228. The second-order valence-electron chi connectivity index (χ2n) is 5.13. The number of rotatable bonds is 10. The van der Waals surface area contributed by atoms with E-state index >= 15 is 0 Å². The molecule has 0 saturated heterocycles. The molecule has 1 aromatic rings. The van der Waals surface area contributed by atoms with Gasteiger partial charge in [-0.2, -0.15) is 0 Å². The number of hydrogen-bond donors (Lipinski definition) is 2. The molecular weight excluding hydrogens is 270 g/mol. The van der Waals surface area contributed by atoms with Crippen LogP contribution in [0.2, 0.25) is 0 Å². The number of benzene rings is 1. The fourth-order valence-electron chi connectivity index (χ4n) is 2.12. The van der Waals surface area contributed by atoms with Crippen LogP contribution in [0.25, 0.3) is 0 Å². The molecule has 21 heavy (non-hydrogen) atoms. The molecule has 1 rings (SSSR count). The number of methoxy groups -OCH3 is 3. The van der Waals surface area contributed by atoms with Crippen LogP contribution in [0.15, 0.2) is 12.1 Å². The summed E-state index contributed by atoms with van der Waals surface area (Å²) >= 11 is 0. The standard InChI is InChI=1S/C16H27NO4/c1-12(11-18)6-5-7-17-10-13-8-15(20-3)16(21-4)9-14(13)19-2/h8-9,12,17-18H,5-7,10-11H2,1-4H3. The van der Waals surface area contributed by atoms with E-state index in [9.17, 15) is 0 Å². The van der Waals surface area contributed by atoms with Gasteiger partial charge in [0.15, 0.2) is 11.5 Å². The molecule has 1 atom stereocenters. The van der Waals surface area contributed by atoms with Gasteiger partial charge in [0.25, 0.3) is 0 Å². The Labute approximate surface area is 127 Å². The molecule has 0 aliphatic rings. The van der Waals surface area contributed by atoms with E-state index in [2.05, 4.69) is 12.2 Å². The van der Waals surface area contributed by atoms with Crippen LogP contribution >= 0.6 is 0 Å². The van der Waals surface area contributed by atoms with Gasteiger partial charge in [-0.25, -0.2) is 0 Å². The van der Waals surface area contributed by atoms with Crippen LogP contribution in [0.4, 0.5) is 0 Å². The van der Waals surface area contributed by atoms with E-state index in [1.807, 2.05) is 12.1 Å². The average Bonchev–Trinajstić information content (AvgIpc) is 2.53. The van der Waals surface area contributed by atoms with Crippen molar-refractivity contribution in [3.63, 3.8) is 0 Å². The minimum Gasteiger partial charge on any atom is -0.496 e. The summed E-state index contributed by atoms with van der Waals surface area (Å²) in [6, 6.07) is 3.77. The first-order valence-corrected chi connectivity index (χ1v) is 7.26. The monoisotopic (exact) mass is 297 g/mol. The maximum absolute atomic E-state index is 8.98. The molecule has 0 aromatic heterocycles. The van der Waals surface area contributed by atoms with E-state index in [1.165, 1.54) is 0 Å². The third-order valence-electron chi connectivity index (χ3n) is 3.46. The van der Waals surface area contributed by atoms with E-state index in [4.69, 9.17) is 19.3 Å². The van der Waals surface area contributed by atoms with Crippen LogP contribution in [-0.4, -0.2) is 39.6 Å². The molecule has 0 radical (unpaired) electrons. The quantitative estimate of drug-likeness (QED) is 0.648. The summed E-state index contributed by atoms with van der Waals surface area (Å²) < 4.78 is 16.0. The maximum Gasteiger partial charge on any atom is 0.164 e. The highest BCUT2D eigenvalue weighted by Crippen LogP contribution is 2.34. The summed E-state index contributed by atoms with van der Waals surface area (Å²) in [5.74, 6) is 2.50. The number of aliphatic hydroxyl groups excluding tert-OH is 1. The summed E-state index contributed by atoms with van der Waals surface area (Å²) in [4.78, 5) is 0. The zero-order valence-electron chi connectivity index (χ0n) is 13.4. The summed E-state index contributed by atoms with van der Waals surface area (Å²) in [6.07, 6.45) is 2.06. The second-order valence-corrected chi connectivity index (χ2v) is 5.13. The second kappa shape index (κ2) is 9.47. The first kappa shape index (κ1) is 17.6. The minimum absolute atomic E-state index is 0.253. The van der Waals surface area contributed by atoms with Crippen LogP contribution in [0.3, 0.4) is 0 Å². The Balaban J connectivity index is 2.57. The summed E-state index contributed by atoms with van der Waals surface area (Å²) in [5, 5.41) is 12.4. The predicted octanol–water partition coefficient (Wildman–Crippen LogP) is 2.21. The molecule has 0 heterocycles. The Morgan fingerprint density at radius 3 is 2.24 bits per heavy atom. The maximum atomic E-state index is 8.98. The molecule has 0 saturated carbocycles. The molecule has 0 aliphatic heterocycles. The molecule has 1 aromatic carbocycles. The molecule has 0 aliphatic carbocycles. The minimum atomic E-state index is 0.253. The van der Waals surface area contributed by atoms with Gasteiger partial charge in [-0.1, -0.05) is 6.92 Å². The zero-order valence-corrected chi connectivity index (χ0v) is 13.4. The molecule has 120 valence electrons. The molecule has 0 spiro atoms. The van der Waals surface area contributed by atoms with E-state index in [-0.39, 0.29) is 6.61 Å². The van der Waals surface area contributed by atoms with Crippen molar-refractivity contribution in [2.45, 2.75) is 26.3 Å². The topological polar surface area (TPSA) is 60.0 Å². The van der Waals surface area contributed by atoms with Crippen molar-refractivity contribution in [2.24, 2.45) is 5.92 Å². The molecule has 5 heteroatoms. The van der Waals surface area contributed by atoms with Gasteiger partial charge in [0.1, 0.15) is 5.75 Å². The smallest absolute Gasteiger partial charge is 0.164 e. The van der Waals surface area contributed by atoms with E-state index < -0.39 is 0 Å². The van der Waals surface area contributed by atoms with Gasteiger partial charge < -0.3 is 24.6 Å². The van der Waals surface area contributed by atoms with Gasteiger partial charge in [0.2, 0.25) is 0 Å². The van der Waals surface area contributed by atoms with Crippen molar-refractivity contribution in [3.05, 3.63) is 17.7 Å². The summed E-state index contributed by atoms with van der Waals surface area (Å²) in [7, 11) is 4.88. The van der Waals surface area contributed by atoms with Gasteiger partial charge in [-0.15, -0.1) is 0 Å². The highest BCUT2D eigenvalue weighted by molar-refractivity contribution is 5.50. The van der Waals surface area contributed by atoms with Gasteiger partial charge in [-0.3, -0.25) is 0 Å². The van der Waals surface area contributed by atoms with Crippen molar-refractivity contribution >= 4 is 0 Å². The molecule has 0 fully saturated rings. The van der Waals surface area contributed by atoms with Crippen molar-refractivity contribution < 1.29 is 19.3 Å². The van der Waals surface area contributed by atoms with Gasteiger partial charge in [0.05, 0.1) is 21.3 Å². The Bertz CT molecular complexity index is 423. The lowest BCUT2D eigenvalue weighted by Crippen LogP contribution is -2.16. The molecule has 0 amide bonds. The van der Waals surface area contributed by atoms with E-state index in [0.29, 0.717) is 24.0 Å². The Morgan fingerprint density at radius 2 is 1.67 bits per heavy atom. The highest BCUT2D eigenvalue weighted by atomic mass is 16.5. The van der Waals surface area contributed by atoms with Crippen molar-refractivity contribution in [1.29, 1.82) is 0 Å². The van der Waals surface area contributed by atoms with Gasteiger partial charge >= 0.3 is 0 Å². The lowest BCUT2D eigenvalue weighted by Gasteiger charge is -2.15. The average molecular weight is 297 g/mol. The third-order valence-corrected chi connectivity index (χ3v) is 3.46. The third kappa shape index (κ3) is 5.44. The predicted molar refractivity (Wildman–Crippen MR) is 83.3 cm³/mol. The van der Waals surface area contributed by atoms with Crippen LogP contribution < -0.4 is 19.5 Å². The number of hydrogen-bond acceptors (Lipinski definition) is 5. The van der Waals surface area contributed by atoms with Crippen LogP contribution in [0, 0.1) is 5.92 Å². The number of aliphatic hydroxyl groups is 1. The lowest BCUT2D eigenvalue weighted by atomic mass is 10.1. The molecule has 2 N–H and O–H groups in total. The largest absolute Gasteiger partial charge is 0.496 e. The SMILES string of the molecule is COc1cc(OC)c(OC)cc1CNCCCC(C)CO. The zero-order chi connectivity index (χ0) is 15.7. The highest BCUT2D eigenvalue weighted by Gasteiger charge is 2.11. The fraction of sp³-hybridized carbons (Fsp3) is 0.625. The number of nitrogens with one attached hydrogen (secondary N) is 1. The Hall–Kier alpha value is -1.46. The van der Waals surface area contributed by atoms with Crippen molar-refractivity contribution in [2.75, 3.05) is 34.5 Å². The van der Waals surface area contributed by atoms with E-state index in [1.54, 1.807) is 21.3 Å². The number of ether oxygens (including phenoxy) is 3. The van der Waals surface area contributed by atoms with Gasteiger partial charge in [0, 0.05) is 24.8 Å². The first-order chi connectivity index (χ1) is 10.2. The van der Waals surface area contributed by atoms with Crippen LogP contribution in [0.5, 0.6) is 17.2 Å². The fourth-order valence-corrected chi connectivity index (χ4v) is 2.12.